The van der Waals surface area contributed by atoms with Crippen molar-refractivity contribution in [1.82, 2.24) is 0 Å². The molecule has 0 spiro atoms. The Morgan fingerprint density at radius 2 is 2.06 bits per heavy atom. The van der Waals surface area contributed by atoms with Crippen molar-refractivity contribution in [3.05, 3.63) is 11.6 Å². The normalized spacial score (nSPS) is 27.4. The molecule has 92 valence electrons. The van der Waals surface area contributed by atoms with Gasteiger partial charge in [0.05, 0.1) is 13.2 Å². The summed E-state index contributed by atoms with van der Waals surface area (Å²) in [7, 11) is 0. The van der Waals surface area contributed by atoms with E-state index in [4.69, 9.17) is 9.47 Å². The highest BCUT2D eigenvalue weighted by molar-refractivity contribution is 5.08. The quantitative estimate of drug-likeness (QED) is 0.538. The summed E-state index contributed by atoms with van der Waals surface area (Å²) in [5.41, 5.74) is 1.63. The smallest absolute Gasteiger partial charge is 0.158 e. The summed E-state index contributed by atoms with van der Waals surface area (Å²) in [6.07, 6.45) is 8.81. The lowest BCUT2D eigenvalue weighted by Crippen LogP contribution is -2.13. The lowest BCUT2D eigenvalue weighted by Gasteiger charge is -2.24. The van der Waals surface area contributed by atoms with Gasteiger partial charge in [-0.05, 0) is 37.5 Å². The van der Waals surface area contributed by atoms with E-state index in [2.05, 4.69) is 19.9 Å². The summed E-state index contributed by atoms with van der Waals surface area (Å²) in [4.78, 5) is 0. The molecule has 2 rings (SSSR count). The Bertz CT molecular complexity index is 239. The van der Waals surface area contributed by atoms with Gasteiger partial charge in [0.25, 0.3) is 0 Å². The zero-order chi connectivity index (χ0) is 11.4. The lowest BCUT2D eigenvalue weighted by atomic mass is 9.82. The molecule has 0 radical (unpaired) electrons. The van der Waals surface area contributed by atoms with Crippen molar-refractivity contribution in [3.63, 3.8) is 0 Å². The number of hydrogen-bond acceptors (Lipinski definition) is 2. The third-order valence-electron chi connectivity index (χ3n) is 3.73. The molecule has 1 atom stereocenters. The van der Waals surface area contributed by atoms with Gasteiger partial charge in [-0.25, -0.2) is 0 Å². The van der Waals surface area contributed by atoms with Gasteiger partial charge in [0.1, 0.15) is 0 Å². The maximum Gasteiger partial charge on any atom is 0.158 e. The van der Waals surface area contributed by atoms with E-state index in [9.17, 15) is 0 Å². The van der Waals surface area contributed by atoms with E-state index in [1.807, 2.05) is 0 Å². The van der Waals surface area contributed by atoms with E-state index in [-0.39, 0.29) is 6.29 Å². The van der Waals surface area contributed by atoms with Crippen LogP contribution < -0.4 is 0 Å². The Balaban J connectivity index is 1.79. The Hall–Kier alpha value is -0.340. The van der Waals surface area contributed by atoms with Crippen LogP contribution in [0.3, 0.4) is 0 Å². The Morgan fingerprint density at radius 1 is 1.31 bits per heavy atom. The van der Waals surface area contributed by atoms with E-state index >= 15 is 0 Å². The molecule has 1 aliphatic heterocycles. The van der Waals surface area contributed by atoms with Crippen LogP contribution in [0.15, 0.2) is 11.6 Å². The summed E-state index contributed by atoms with van der Waals surface area (Å²) in [6, 6.07) is 0. The van der Waals surface area contributed by atoms with Gasteiger partial charge in [-0.15, -0.1) is 0 Å². The largest absolute Gasteiger partial charge is 0.350 e. The summed E-state index contributed by atoms with van der Waals surface area (Å²) >= 11 is 0. The van der Waals surface area contributed by atoms with Crippen LogP contribution in [0.25, 0.3) is 0 Å². The molecule has 0 aromatic heterocycles. The number of allylic oxidation sites excluding steroid dienone is 2. The average Bonchev–Trinajstić information content (AvgIpc) is 2.79. The molecule has 2 nitrogen and oxygen atoms in total. The van der Waals surface area contributed by atoms with Crippen LogP contribution in [0.4, 0.5) is 0 Å². The molecule has 2 aliphatic rings. The fourth-order valence-corrected chi connectivity index (χ4v) is 2.65. The molecule has 0 amide bonds. The summed E-state index contributed by atoms with van der Waals surface area (Å²) in [5, 5.41) is 0. The van der Waals surface area contributed by atoms with Crippen molar-refractivity contribution in [3.8, 4) is 0 Å². The van der Waals surface area contributed by atoms with Crippen LogP contribution in [-0.4, -0.2) is 19.5 Å². The number of hydrogen-bond donors (Lipinski definition) is 0. The van der Waals surface area contributed by atoms with Crippen molar-refractivity contribution in [2.24, 2.45) is 11.8 Å². The van der Waals surface area contributed by atoms with Crippen LogP contribution in [0.2, 0.25) is 0 Å². The highest BCUT2D eigenvalue weighted by Gasteiger charge is 2.19. The monoisotopic (exact) mass is 225 g/mol. The minimum Gasteiger partial charge on any atom is -0.350 e. The van der Waals surface area contributed by atoms with Crippen LogP contribution in [0, 0.1) is 11.8 Å². The number of rotatable bonds is 4. The second-order valence-corrected chi connectivity index (χ2v) is 5.33. The topological polar surface area (TPSA) is 18.5 Å². The molecular weight excluding hydrogens is 201 g/mol. The standard InChI is InChI=1S/C14H24O2/c1-11(2)13-5-3-4-12(10-13)6-7-14-15-8-9-16-14/h10-11,13-14H,3-9H2,1-2H3/i14+1. The van der Waals surface area contributed by atoms with Crippen LogP contribution in [0.5, 0.6) is 0 Å². The average molecular weight is 225 g/mol. The van der Waals surface area contributed by atoms with Gasteiger partial charge in [0.2, 0.25) is 0 Å². The SMILES string of the molecule is CC(C)C1C=C(CC[13CH]2OCCO2)CCC1. The minimum absolute atomic E-state index is 0.0697. The third-order valence-corrected chi connectivity index (χ3v) is 3.73. The summed E-state index contributed by atoms with van der Waals surface area (Å²) in [5.74, 6) is 1.59. The van der Waals surface area contributed by atoms with Gasteiger partial charge in [0.15, 0.2) is 6.29 Å². The summed E-state index contributed by atoms with van der Waals surface area (Å²) in [6.45, 7) is 6.21. The second kappa shape index (κ2) is 5.83. The molecule has 2 heteroatoms. The maximum absolute atomic E-state index is 5.47. The molecular formula is C14H24O2. The second-order valence-electron chi connectivity index (χ2n) is 5.33. The van der Waals surface area contributed by atoms with Crippen molar-refractivity contribution in [2.75, 3.05) is 13.2 Å². The molecule has 0 aromatic rings. The first-order valence-corrected chi connectivity index (χ1v) is 6.68. The fourth-order valence-electron chi connectivity index (χ4n) is 2.65. The van der Waals surface area contributed by atoms with Crippen molar-refractivity contribution in [2.45, 2.75) is 52.2 Å². The minimum atomic E-state index is 0.0697. The van der Waals surface area contributed by atoms with Gasteiger partial charge in [-0.2, -0.15) is 0 Å². The van der Waals surface area contributed by atoms with Crippen molar-refractivity contribution < 1.29 is 9.47 Å². The molecule has 0 bridgehead atoms. The van der Waals surface area contributed by atoms with Crippen molar-refractivity contribution >= 4 is 0 Å². The lowest BCUT2D eigenvalue weighted by molar-refractivity contribution is -0.0463. The van der Waals surface area contributed by atoms with Gasteiger partial charge >= 0.3 is 0 Å². The highest BCUT2D eigenvalue weighted by atomic mass is 16.8. The molecule has 1 fully saturated rings. The molecule has 1 unspecified atom stereocenters. The first-order valence-electron chi connectivity index (χ1n) is 6.68. The highest BCUT2D eigenvalue weighted by Crippen LogP contribution is 2.30. The molecule has 1 saturated heterocycles. The zero-order valence-corrected chi connectivity index (χ0v) is 10.6. The molecule has 0 aromatic carbocycles. The van der Waals surface area contributed by atoms with Crippen LogP contribution in [-0.2, 0) is 9.47 Å². The van der Waals surface area contributed by atoms with E-state index < -0.39 is 0 Å². The molecule has 1 heterocycles. The number of ether oxygens (including phenoxy) is 2. The van der Waals surface area contributed by atoms with Gasteiger partial charge in [0, 0.05) is 6.42 Å². The van der Waals surface area contributed by atoms with Gasteiger partial charge in [-0.3, -0.25) is 0 Å². The Kier molecular flexibility index (Phi) is 4.42. The predicted molar refractivity (Wildman–Crippen MR) is 65.2 cm³/mol. The van der Waals surface area contributed by atoms with Gasteiger partial charge in [-0.1, -0.05) is 25.5 Å². The maximum atomic E-state index is 5.47. The van der Waals surface area contributed by atoms with E-state index in [1.54, 1.807) is 5.57 Å². The first kappa shape index (κ1) is 12.1. The third kappa shape index (κ3) is 3.33. The van der Waals surface area contributed by atoms with Crippen molar-refractivity contribution in [1.29, 1.82) is 0 Å². The van der Waals surface area contributed by atoms with E-state index in [0.717, 1.165) is 37.9 Å². The van der Waals surface area contributed by atoms with E-state index in [1.165, 1.54) is 19.3 Å². The summed E-state index contributed by atoms with van der Waals surface area (Å²) < 4.78 is 10.9. The predicted octanol–water partition coefficient (Wildman–Crippen LogP) is 3.52. The zero-order valence-electron chi connectivity index (χ0n) is 10.6. The fraction of sp³-hybridized carbons (Fsp3) is 0.857. The molecule has 0 N–H and O–H groups in total. The molecule has 0 saturated carbocycles. The van der Waals surface area contributed by atoms with Gasteiger partial charge < -0.3 is 9.47 Å². The molecule has 1 aliphatic carbocycles. The van der Waals surface area contributed by atoms with E-state index in [0.29, 0.717) is 0 Å². The van der Waals surface area contributed by atoms with Crippen LogP contribution in [0.1, 0.15) is 46.0 Å². The Labute approximate surface area is 99.0 Å². The molecule has 16 heavy (non-hydrogen) atoms. The Morgan fingerprint density at radius 3 is 2.75 bits per heavy atom. The van der Waals surface area contributed by atoms with Crippen LogP contribution >= 0.6 is 0 Å². The first-order chi connectivity index (χ1) is 7.75.